The minimum atomic E-state index is -1.62. The van der Waals surface area contributed by atoms with Crippen molar-refractivity contribution in [2.45, 2.75) is 6.92 Å². The lowest BCUT2D eigenvalue weighted by Gasteiger charge is -2.12. The Bertz CT molecular complexity index is 919. The van der Waals surface area contributed by atoms with Crippen molar-refractivity contribution >= 4 is 10.9 Å². The monoisotopic (exact) mass is 290 g/mol. The number of para-hydroxylation sites is 1. The summed E-state index contributed by atoms with van der Waals surface area (Å²) in [6.07, 6.45) is 0. The highest BCUT2D eigenvalue weighted by atomic mass is 19.2. The predicted octanol–water partition coefficient (Wildman–Crippen LogP) is 3.11. The summed E-state index contributed by atoms with van der Waals surface area (Å²) in [5.74, 6) is -4.16. The van der Waals surface area contributed by atoms with Crippen LogP contribution in [0, 0.1) is 24.4 Å². The van der Waals surface area contributed by atoms with E-state index in [-0.39, 0.29) is 16.9 Å². The van der Waals surface area contributed by atoms with Crippen LogP contribution in [-0.4, -0.2) is 9.55 Å². The molecule has 2 aromatic carbocycles. The van der Waals surface area contributed by atoms with E-state index in [1.807, 2.05) is 0 Å². The van der Waals surface area contributed by atoms with Gasteiger partial charge in [0, 0.05) is 0 Å². The van der Waals surface area contributed by atoms with E-state index in [0.717, 1.165) is 16.7 Å². The molecule has 0 saturated carbocycles. The molecule has 21 heavy (non-hydrogen) atoms. The second-order valence-electron chi connectivity index (χ2n) is 4.51. The van der Waals surface area contributed by atoms with Gasteiger partial charge in [0.05, 0.1) is 16.6 Å². The smallest absolute Gasteiger partial charge is 0.266 e. The third-order valence-corrected chi connectivity index (χ3v) is 3.20. The Morgan fingerprint density at radius 1 is 1.00 bits per heavy atom. The van der Waals surface area contributed by atoms with Crippen LogP contribution in [-0.2, 0) is 0 Å². The van der Waals surface area contributed by atoms with Gasteiger partial charge in [-0.25, -0.2) is 18.2 Å². The number of hydrogen-bond donors (Lipinski definition) is 0. The van der Waals surface area contributed by atoms with Gasteiger partial charge in [-0.3, -0.25) is 9.36 Å². The van der Waals surface area contributed by atoms with Gasteiger partial charge in [-0.05, 0) is 31.2 Å². The van der Waals surface area contributed by atoms with Crippen molar-refractivity contribution < 1.29 is 13.2 Å². The quantitative estimate of drug-likeness (QED) is 0.645. The number of hydrogen-bond acceptors (Lipinski definition) is 2. The fourth-order valence-corrected chi connectivity index (χ4v) is 2.22. The van der Waals surface area contributed by atoms with Crippen molar-refractivity contribution in [1.29, 1.82) is 0 Å². The standard InChI is InChI=1S/C15H9F3N2O/c1-8-19-11-5-3-2-4-9(11)15(21)20(8)12-7-6-10(16)13(17)14(12)18/h2-7H,1H3. The van der Waals surface area contributed by atoms with Crippen LogP contribution in [0.25, 0.3) is 16.6 Å². The van der Waals surface area contributed by atoms with Crippen molar-refractivity contribution in [3.63, 3.8) is 0 Å². The van der Waals surface area contributed by atoms with Crippen molar-refractivity contribution in [3.8, 4) is 5.69 Å². The Balaban J connectivity index is 2.41. The molecule has 0 radical (unpaired) electrons. The minimum absolute atomic E-state index is 0.184. The van der Waals surface area contributed by atoms with E-state index in [1.165, 1.54) is 6.92 Å². The molecule has 0 bridgehead atoms. The molecule has 3 aromatic rings. The molecule has 0 aliphatic carbocycles. The van der Waals surface area contributed by atoms with Crippen molar-refractivity contribution in [2.75, 3.05) is 0 Å². The van der Waals surface area contributed by atoms with Crippen LogP contribution in [0.15, 0.2) is 41.2 Å². The molecule has 0 fully saturated rings. The van der Waals surface area contributed by atoms with Gasteiger partial charge in [-0.2, -0.15) is 0 Å². The first-order valence-electron chi connectivity index (χ1n) is 6.13. The van der Waals surface area contributed by atoms with Crippen LogP contribution >= 0.6 is 0 Å². The summed E-state index contributed by atoms with van der Waals surface area (Å²) >= 11 is 0. The van der Waals surface area contributed by atoms with E-state index in [0.29, 0.717) is 5.52 Å². The van der Waals surface area contributed by atoms with Crippen LogP contribution in [0.4, 0.5) is 13.2 Å². The van der Waals surface area contributed by atoms with E-state index >= 15 is 0 Å². The van der Waals surface area contributed by atoms with Crippen LogP contribution < -0.4 is 5.56 Å². The molecule has 0 spiro atoms. The summed E-state index contributed by atoms with van der Waals surface area (Å²) in [5, 5.41) is 0.271. The number of fused-ring (bicyclic) bond motifs is 1. The summed E-state index contributed by atoms with van der Waals surface area (Å²) in [4.78, 5) is 16.6. The molecule has 1 aromatic heterocycles. The second kappa shape index (κ2) is 4.73. The van der Waals surface area contributed by atoms with E-state index in [9.17, 15) is 18.0 Å². The number of rotatable bonds is 1. The average Bonchev–Trinajstić information content (AvgIpc) is 2.47. The minimum Gasteiger partial charge on any atom is -0.268 e. The van der Waals surface area contributed by atoms with E-state index < -0.39 is 23.0 Å². The lowest BCUT2D eigenvalue weighted by atomic mass is 10.2. The molecule has 0 N–H and O–H groups in total. The summed E-state index contributed by atoms with van der Waals surface area (Å²) in [6, 6.07) is 8.34. The molecule has 0 atom stereocenters. The molecule has 0 aliphatic heterocycles. The molecule has 106 valence electrons. The fourth-order valence-electron chi connectivity index (χ4n) is 2.22. The highest BCUT2D eigenvalue weighted by Gasteiger charge is 2.18. The maximum atomic E-state index is 13.9. The first-order chi connectivity index (χ1) is 10.0. The Morgan fingerprint density at radius 3 is 2.48 bits per heavy atom. The Kier molecular flexibility index (Phi) is 3.01. The zero-order chi connectivity index (χ0) is 15.1. The Hall–Kier alpha value is -2.63. The number of benzene rings is 2. The van der Waals surface area contributed by atoms with Crippen LogP contribution in [0.2, 0.25) is 0 Å². The van der Waals surface area contributed by atoms with E-state index in [4.69, 9.17) is 0 Å². The zero-order valence-electron chi connectivity index (χ0n) is 10.9. The van der Waals surface area contributed by atoms with Gasteiger partial charge in [-0.15, -0.1) is 0 Å². The fraction of sp³-hybridized carbons (Fsp3) is 0.0667. The molecule has 0 unspecified atom stereocenters. The van der Waals surface area contributed by atoms with Gasteiger partial charge < -0.3 is 0 Å². The Morgan fingerprint density at radius 2 is 1.71 bits per heavy atom. The molecular formula is C15H9F3N2O. The highest BCUT2D eigenvalue weighted by Crippen LogP contribution is 2.19. The molecule has 3 nitrogen and oxygen atoms in total. The zero-order valence-corrected chi connectivity index (χ0v) is 10.9. The highest BCUT2D eigenvalue weighted by molar-refractivity contribution is 5.77. The number of aromatic nitrogens is 2. The van der Waals surface area contributed by atoms with Crippen LogP contribution in [0.3, 0.4) is 0 Å². The molecule has 6 heteroatoms. The summed E-state index contributed by atoms with van der Waals surface area (Å²) in [6.45, 7) is 1.49. The number of nitrogens with zero attached hydrogens (tertiary/aromatic N) is 2. The second-order valence-corrected chi connectivity index (χ2v) is 4.51. The van der Waals surface area contributed by atoms with Crippen LogP contribution in [0.5, 0.6) is 0 Å². The number of halogens is 3. The van der Waals surface area contributed by atoms with Gasteiger partial charge in [0.1, 0.15) is 5.82 Å². The SMILES string of the molecule is Cc1nc2ccccc2c(=O)n1-c1ccc(F)c(F)c1F. The van der Waals surface area contributed by atoms with Gasteiger partial charge in [0.25, 0.3) is 5.56 Å². The third-order valence-electron chi connectivity index (χ3n) is 3.20. The van der Waals surface area contributed by atoms with Gasteiger partial charge in [-0.1, -0.05) is 12.1 Å². The van der Waals surface area contributed by atoms with E-state index in [2.05, 4.69) is 4.98 Å². The average molecular weight is 290 g/mol. The first-order valence-corrected chi connectivity index (χ1v) is 6.13. The molecule has 0 saturated heterocycles. The third kappa shape index (κ3) is 1.99. The van der Waals surface area contributed by atoms with Gasteiger partial charge in [0.2, 0.25) is 0 Å². The first kappa shape index (κ1) is 13.4. The normalized spacial score (nSPS) is 11.0. The lowest BCUT2D eigenvalue weighted by Crippen LogP contribution is -2.23. The topological polar surface area (TPSA) is 34.9 Å². The summed E-state index contributed by atoms with van der Waals surface area (Å²) in [7, 11) is 0. The summed E-state index contributed by atoms with van der Waals surface area (Å²) in [5.41, 5.74) is -0.447. The van der Waals surface area contributed by atoms with Gasteiger partial charge in [0.15, 0.2) is 17.5 Å². The van der Waals surface area contributed by atoms with Crippen molar-refractivity contribution in [1.82, 2.24) is 9.55 Å². The molecule has 3 rings (SSSR count). The largest absolute Gasteiger partial charge is 0.268 e. The summed E-state index contributed by atoms with van der Waals surface area (Å²) < 4.78 is 41.2. The van der Waals surface area contributed by atoms with Crippen molar-refractivity contribution in [3.05, 3.63) is 70.0 Å². The molecular weight excluding hydrogens is 281 g/mol. The van der Waals surface area contributed by atoms with Crippen molar-refractivity contribution in [2.24, 2.45) is 0 Å². The maximum absolute atomic E-state index is 13.9. The predicted molar refractivity (Wildman–Crippen MR) is 72.0 cm³/mol. The molecule has 0 amide bonds. The van der Waals surface area contributed by atoms with E-state index in [1.54, 1.807) is 24.3 Å². The van der Waals surface area contributed by atoms with Gasteiger partial charge >= 0.3 is 0 Å². The number of aryl methyl sites for hydroxylation is 1. The molecule has 1 heterocycles. The molecule has 0 aliphatic rings. The maximum Gasteiger partial charge on any atom is 0.266 e. The van der Waals surface area contributed by atoms with Crippen LogP contribution in [0.1, 0.15) is 5.82 Å². The lowest BCUT2D eigenvalue weighted by molar-refractivity contribution is 0.444. The Labute approximate surface area is 117 Å².